The predicted octanol–water partition coefficient (Wildman–Crippen LogP) is 5.60. The first-order chi connectivity index (χ1) is 14.5. The van der Waals surface area contributed by atoms with Gasteiger partial charge in [0.25, 0.3) is 5.91 Å². The van der Waals surface area contributed by atoms with E-state index in [0.29, 0.717) is 16.2 Å². The molecule has 0 spiro atoms. The Morgan fingerprint density at radius 2 is 1.60 bits per heavy atom. The lowest BCUT2D eigenvalue weighted by Crippen LogP contribution is -2.28. The largest absolute Gasteiger partial charge is 0.489 e. The first-order valence-corrected chi connectivity index (χ1v) is 9.88. The Morgan fingerprint density at radius 1 is 0.933 bits per heavy atom. The highest BCUT2D eigenvalue weighted by atomic mass is 32.2. The highest BCUT2D eigenvalue weighted by molar-refractivity contribution is 8.19. The fourth-order valence-corrected chi connectivity index (χ4v) is 3.78. The molecule has 0 unspecified atom stereocenters. The van der Waals surface area contributed by atoms with Crippen LogP contribution in [0.3, 0.4) is 0 Å². The quantitative estimate of drug-likeness (QED) is 0.545. The number of hydrogen-bond acceptors (Lipinski definition) is 4. The molecule has 4 rings (SSSR count). The van der Waals surface area contributed by atoms with Gasteiger partial charge < -0.3 is 4.74 Å². The molecule has 1 saturated heterocycles. The van der Waals surface area contributed by atoms with E-state index in [4.69, 9.17) is 10.1 Å². The van der Waals surface area contributed by atoms with E-state index < -0.39 is 11.7 Å². The average molecular weight is 422 g/mol. The van der Waals surface area contributed by atoms with Crippen molar-refractivity contribution in [1.29, 1.82) is 5.41 Å². The Hall–Kier alpha value is -3.45. The third kappa shape index (κ3) is 4.11. The maximum absolute atomic E-state index is 14.1. The van der Waals surface area contributed by atoms with Gasteiger partial charge in [0.1, 0.15) is 24.0 Å². The lowest BCUT2D eigenvalue weighted by Gasteiger charge is -2.14. The molecule has 1 N–H and O–H groups in total. The van der Waals surface area contributed by atoms with Crippen molar-refractivity contribution in [3.8, 4) is 5.75 Å². The highest BCUT2D eigenvalue weighted by Crippen LogP contribution is 2.36. The van der Waals surface area contributed by atoms with Gasteiger partial charge in [-0.1, -0.05) is 42.5 Å². The zero-order valence-electron chi connectivity index (χ0n) is 15.6. The summed E-state index contributed by atoms with van der Waals surface area (Å²) < 4.78 is 33.3. The third-order valence-corrected chi connectivity index (χ3v) is 5.34. The molecule has 7 heteroatoms. The monoisotopic (exact) mass is 422 g/mol. The minimum atomic E-state index is -0.561. The number of halogens is 2. The Morgan fingerprint density at radius 3 is 2.30 bits per heavy atom. The van der Waals surface area contributed by atoms with Crippen molar-refractivity contribution in [2.24, 2.45) is 0 Å². The van der Waals surface area contributed by atoms with Crippen LogP contribution in [0.2, 0.25) is 0 Å². The summed E-state index contributed by atoms with van der Waals surface area (Å²) in [5, 5.41) is 8.01. The molecule has 1 fully saturated rings. The lowest BCUT2D eigenvalue weighted by molar-refractivity contribution is -0.113. The SMILES string of the molecule is N=C1S/C(=C\c2ccc(OCc3ccccc3F)cc2)C(=O)N1c1ccccc1F. The molecular weight excluding hydrogens is 406 g/mol. The second-order valence-corrected chi connectivity index (χ2v) is 7.49. The van der Waals surface area contributed by atoms with Crippen LogP contribution in [-0.4, -0.2) is 11.1 Å². The van der Waals surface area contributed by atoms with E-state index in [1.807, 2.05) is 0 Å². The van der Waals surface area contributed by atoms with Gasteiger partial charge in [0, 0.05) is 5.56 Å². The van der Waals surface area contributed by atoms with Gasteiger partial charge >= 0.3 is 0 Å². The second kappa shape index (κ2) is 8.51. The predicted molar refractivity (Wildman–Crippen MR) is 114 cm³/mol. The number of para-hydroxylation sites is 1. The molecule has 1 heterocycles. The van der Waals surface area contributed by atoms with Crippen LogP contribution in [0.15, 0.2) is 77.7 Å². The molecule has 0 bridgehead atoms. The number of amidine groups is 1. The van der Waals surface area contributed by atoms with Gasteiger partial charge in [-0.15, -0.1) is 0 Å². The van der Waals surface area contributed by atoms with Crippen molar-refractivity contribution >= 4 is 34.6 Å². The number of anilines is 1. The van der Waals surface area contributed by atoms with Crippen molar-refractivity contribution in [2.75, 3.05) is 4.90 Å². The third-order valence-electron chi connectivity index (χ3n) is 4.45. The molecule has 1 amide bonds. The molecule has 30 heavy (non-hydrogen) atoms. The summed E-state index contributed by atoms with van der Waals surface area (Å²) in [6, 6.07) is 19.2. The van der Waals surface area contributed by atoms with Crippen LogP contribution in [0.1, 0.15) is 11.1 Å². The summed E-state index contributed by atoms with van der Waals surface area (Å²) in [5.41, 5.74) is 1.25. The molecule has 150 valence electrons. The summed E-state index contributed by atoms with van der Waals surface area (Å²) >= 11 is 0.975. The number of amides is 1. The van der Waals surface area contributed by atoms with Gasteiger partial charge in [0.05, 0.1) is 10.6 Å². The molecule has 1 aliphatic heterocycles. The topological polar surface area (TPSA) is 53.4 Å². The van der Waals surface area contributed by atoms with Crippen LogP contribution in [-0.2, 0) is 11.4 Å². The molecule has 1 aliphatic rings. The Balaban J connectivity index is 1.47. The van der Waals surface area contributed by atoms with Crippen LogP contribution < -0.4 is 9.64 Å². The van der Waals surface area contributed by atoms with Gasteiger partial charge in [-0.25, -0.2) is 8.78 Å². The summed E-state index contributed by atoms with van der Waals surface area (Å²) in [6.45, 7) is 0.107. The molecule has 3 aromatic carbocycles. The molecule has 0 aliphatic carbocycles. The number of thioether (sulfide) groups is 1. The minimum absolute atomic E-state index is 0.0545. The van der Waals surface area contributed by atoms with Crippen molar-refractivity contribution in [1.82, 2.24) is 0 Å². The van der Waals surface area contributed by atoms with E-state index in [1.54, 1.807) is 54.6 Å². The number of carbonyl (C=O) groups is 1. The van der Waals surface area contributed by atoms with Crippen LogP contribution in [0.5, 0.6) is 5.75 Å². The van der Waals surface area contributed by atoms with Gasteiger partial charge in [-0.05, 0) is 53.7 Å². The summed E-state index contributed by atoms with van der Waals surface area (Å²) in [4.78, 5) is 14.1. The number of nitrogens with zero attached hydrogens (tertiary/aromatic N) is 1. The van der Waals surface area contributed by atoms with Crippen molar-refractivity contribution < 1.29 is 18.3 Å². The standard InChI is InChI=1S/C23H16F2N2O2S/c24-18-6-2-1-5-16(18)14-29-17-11-9-15(10-12-17)13-21-22(28)27(23(26)30-21)20-8-4-3-7-19(20)25/h1-13,26H,14H2/b21-13-,26-23?. The van der Waals surface area contributed by atoms with Crippen molar-refractivity contribution in [2.45, 2.75) is 6.61 Å². The number of carbonyl (C=O) groups excluding carboxylic acids is 1. The van der Waals surface area contributed by atoms with Crippen molar-refractivity contribution in [3.63, 3.8) is 0 Å². The van der Waals surface area contributed by atoms with Crippen LogP contribution in [0.4, 0.5) is 14.5 Å². The zero-order chi connectivity index (χ0) is 21.1. The maximum Gasteiger partial charge on any atom is 0.271 e. The Bertz CT molecular complexity index is 1150. The highest BCUT2D eigenvalue weighted by Gasteiger charge is 2.34. The van der Waals surface area contributed by atoms with Crippen molar-refractivity contribution in [3.05, 3.63) is 100 Å². The molecule has 0 aromatic heterocycles. The maximum atomic E-state index is 14.1. The molecule has 0 atom stereocenters. The van der Waals surface area contributed by atoms with Gasteiger partial charge in [0.15, 0.2) is 5.17 Å². The van der Waals surface area contributed by atoms with E-state index in [2.05, 4.69) is 0 Å². The van der Waals surface area contributed by atoms with Gasteiger partial charge in [-0.3, -0.25) is 15.1 Å². The number of rotatable bonds is 5. The van der Waals surface area contributed by atoms with Crippen LogP contribution in [0, 0.1) is 17.0 Å². The molecule has 4 nitrogen and oxygen atoms in total. The molecule has 0 saturated carbocycles. The molecular formula is C23H16F2N2O2S. The Kier molecular flexibility index (Phi) is 5.63. The smallest absolute Gasteiger partial charge is 0.271 e. The normalized spacial score (nSPS) is 15.1. The fourth-order valence-electron chi connectivity index (χ4n) is 2.93. The second-order valence-electron chi connectivity index (χ2n) is 6.46. The lowest BCUT2D eigenvalue weighted by atomic mass is 10.2. The van der Waals surface area contributed by atoms with E-state index >= 15 is 0 Å². The van der Waals surface area contributed by atoms with E-state index in [-0.39, 0.29) is 23.3 Å². The first kappa shape index (κ1) is 19.8. The number of nitrogens with one attached hydrogen (secondary N) is 1. The van der Waals surface area contributed by atoms with Gasteiger partial charge in [-0.2, -0.15) is 0 Å². The van der Waals surface area contributed by atoms with E-state index in [1.165, 1.54) is 24.3 Å². The molecule has 3 aromatic rings. The summed E-state index contributed by atoms with van der Waals surface area (Å²) in [7, 11) is 0. The summed E-state index contributed by atoms with van der Waals surface area (Å²) in [5.74, 6) is -0.771. The summed E-state index contributed by atoms with van der Waals surface area (Å²) in [6.07, 6.45) is 1.64. The van der Waals surface area contributed by atoms with E-state index in [0.717, 1.165) is 22.2 Å². The average Bonchev–Trinajstić information content (AvgIpc) is 3.02. The number of benzene rings is 3. The Labute approximate surface area is 176 Å². The number of hydrogen-bond donors (Lipinski definition) is 1. The zero-order valence-corrected chi connectivity index (χ0v) is 16.5. The van der Waals surface area contributed by atoms with Crippen LogP contribution in [0.25, 0.3) is 6.08 Å². The number of ether oxygens (including phenoxy) is 1. The molecule has 0 radical (unpaired) electrons. The van der Waals surface area contributed by atoms with Gasteiger partial charge in [0.2, 0.25) is 0 Å². The first-order valence-electron chi connectivity index (χ1n) is 9.06. The van der Waals surface area contributed by atoms with E-state index in [9.17, 15) is 13.6 Å². The van der Waals surface area contributed by atoms with Crippen LogP contribution >= 0.6 is 11.8 Å². The minimum Gasteiger partial charge on any atom is -0.489 e. The fraction of sp³-hybridized carbons (Fsp3) is 0.0435.